The van der Waals surface area contributed by atoms with Crippen molar-refractivity contribution in [3.05, 3.63) is 35.9 Å². The molecule has 0 spiro atoms. The monoisotopic (exact) mass is 320 g/mol. The number of β-amino-alcohol motifs (C(OH)–C–C–N with tert-alkyl or cyclic N) is 2. The van der Waals surface area contributed by atoms with E-state index in [1.807, 2.05) is 6.07 Å². The van der Waals surface area contributed by atoms with Gasteiger partial charge in [0.05, 0.1) is 12.2 Å². The second-order valence-corrected chi connectivity index (χ2v) is 8.29. The number of hydrogen-bond acceptors (Lipinski definition) is 4. The van der Waals surface area contributed by atoms with E-state index in [4.69, 9.17) is 0 Å². The third kappa shape index (κ3) is 5.01. The van der Waals surface area contributed by atoms with Crippen LogP contribution in [0.5, 0.6) is 0 Å². The van der Waals surface area contributed by atoms with Crippen LogP contribution in [0.3, 0.4) is 0 Å². The number of aliphatic hydroxyl groups is 2. The van der Waals surface area contributed by atoms with E-state index in [0.29, 0.717) is 0 Å². The number of aliphatic hydroxyl groups excluding tert-OH is 2. The van der Waals surface area contributed by atoms with Crippen molar-refractivity contribution in [3.63, 3.8) is 0 Å². The van der Waals surface area contributed by atoms with Crippen LogP contribution in [-0.2, 0) is 6.54 Å². The quantitative estimate of drug-likeness (QED) is 0.779. The highest BCUT2D eigenvalue weighted by Crippen LogP contribution is 2.30. The molecule has 1 aromatic carbocycles. The smallest absolute Gasteiger partial charge is 0.0730 e. The topological polar surface area (TPSA) is 55.7 Å². The van der Waals surface area contributed by atoms with E-state index in [9.17, 15) is 10.2 Å². The number of likely N-dealkylation sites (tertiary alicyclic amines) is 1. The van der Waals surface area contributed by atoms with Crippen LogP contribution in [-0.4, -0.2) is 53.5 Å². The Kier molecular flexibility index (Phi) is 5.84. The number of benzene rings is 1. The van der Waals surface area contributed by atoms with Crippen molar-refractivity contribution in [3.8, 4) is 0 Å². The Bertz CT molecular complexity index is 487. The maximum absolute atomic E-state index is 9.86. The predicted octanol–water partition coefficient (Wildman–Crippen LogP) is 1.87. The van der Waals surface area contributed by atoms with Crippen LogP contribution in [0.4, 0.5) is 0 Å². The fourth-order valence-corrected chi connectivity index (χ4v) is 3.13. The zero-order valence-corrected chi connectivity index (χ0v) is 14.9. The van der Waals surface area contributed by atoms with E-state index in [0.717, 1.165) is 32.7 Å². The average molecular weight is 320 g/mol. The first-order valence-corrected chi connectivity index (χ1v) is 8.54. The summed E-state index contributed by atoms with van der Waals surface area (Å²) in [6, 6.07) is 10.4. The van der Waals surface area contributed by atoms with Gasteiger partial charge in [0, 0.05) is 43.6 Å². The number of rotatable bonds is 2. The highest BCUT2D eigenvalue weighted by molar-refractivity contribution is 5.15. The van der Waals surface area contributed by atoms with E-state index in [-0.39, 0.29) is 23.0 Å². The third-order valence-electron chi connectivity index (χ3n) is 5.03. The highest BCUT2D eigenvalue weighted by atomic mass is 16.3. The molecule has 23 heavy (non-hydrogen) atoms. The lowest BCUT2D eigenvalue weighted by atomic mass is 9.90. The summed E-state index contributed by atoms with van der Waals surface area (Å²) in [6.07, 6.45) is -0.344. The molecule has 3 N–H and O–H groups in total. The van der Waals surface area contributed by atoms with Gasteiger partial charge in [-0.05, 0) is 5.56 Å². The molecule has 2 atom stereocenters. The summed E-state index contributed by atoms with van der Waals surface area (Å²) >= 11 is 0. The van der Waals surface area contributed by atoms with Gasteiger partial charge in [-0.2, -0.15) is 0 Å². The molecule has 0 aromatic heterocycles. The van der Waals surface area contributed by atoms with Crippen LogP contribution in [0.1, 0.15) is 33.3 Å². The van der Waals surface area contributed by atoms with E-state index < -0.39 is 0 Å². The van der Waals surface area contributed by atoms with E-state index >= 15 is 0 Å². The molecule has 2 aliphatic rings. The van der Waals surface area contributed by atoms with E-state index in [1.54, 1.807) is 0 Å². The van der Waals surface area contributed by atoms with Gasteiger partial charge in [-0.15, -0.1) is 0 Å². The van der Waals surface area contributed by atoms with Gasteiger partial charge in [0.1, 0.15) is 0 Å². The molecule has 4 heteroatoms. The van der Waals surface area contributed by atoms with Crippen molar-refractivity contribution in [2.45, 2.75) is 46.4 Å². The Labute approximate surface area is 140 Å². The number of hydrogen-bond donors (Lipinski definition) is 3. The SMILES string of the molecule is CC1(C)CN(Cc2ccccc2)CC1O.CC1(C)CNCC1O. The van der Waals surface area contributed by atoms with Crippen molar-refractivity contribution in [2.75, 3.05) is 26.2 Å². The summed E-state index contributed by atoms with van der Waals surface area (Å²) in [6.45, 7) is 12.8. The van der Waals surface area contributed by atoms with Crippen molar-refractivity contribution in [1.29, 1.82) is 0 Å². The molecule has 2 aliphatic heterocycles. The molecule has 0 amide bonds. The van der Waals surface area contributed by atoms with Gasteiger partial charge in [0.15, 0.2) is 0 Å². The van der Waals surface area contributed by atoms with Gasteiger partial charge in [0.2, 0.25) is 0 Å². The van der Waals surface area contributed by atoms with Crippen molar-refractivity contribution in [1.82, 2.24) is 10.2 Å². The molecule has 2 unspecified atom stereocenters. The van der Waals surface area contributed by atoms with Gasteiger partial charge >= 0.3 is 0 Å². The fourth-order valence-electron chi connectivity index (χ4n) is 3.13. The summed E-state index contributed by atoms with van der Waals surface area (Å²) in [5.74, 6) is 0. The van der Waals surface area contributed by atoms with Crippen LogP contribution in [0.15, 0.2) is 30.3 Å². The van der Waals surface area contributed by atoms with E-state index in [1.165, 1.54) is 5.56 Å². The Morgan fingerprint density at radius 2 is 1.70 bits per heavy atom. The van der Waals surface area contributed by atoms with Crippen LogP contribution < -0.4 is 5.32 Å². The summed E-state index contributed by atoms with van der Waals surface area (Å²) < 4.78 is 0. The maximum atomic E-state index is 9.86. The molecule has 4 nitrogen and oxygen atoms in total. The van der Waals surface area contributed by atoms with Crippen molar-refractivity contribution >= 4 is 0 Å². The first-order chi connectivity index (χ1) is 10.7. The van der Waals surface area contributed by atoms with Crippen LogP contribution >= 0.6 is 0 Å². The average Bonchev–Trinajstić information content (AvgIpc) is 2.90. The first-order valence-electron chi connectivity index (χ1n) is 8.54. The third-order valence-corrected chi connectivity index (χ3v) is 5.03. The molecule has 3 rings (SSSR count). The van der Waals surface area contributed by atoms with E-state index in [2.05, 4.69) is 62.2 Å². The normalized spacial score (nSPS) is 29.1. The highest BCUT2D eigenvalue weighted by Gasteiger charge is 2.37. The van der Waals surface area contributed by atoms with Gasteiger partial charge in [-0.3, -0.25) is 4.90 Å². The van der Waals surface area contributed by atoms with Crippen LogP contribution in [0, 0.1) is 10.8 Å². The summed E-state index contributed by atoms with van der Waals surface area (Å²) in [7, 11) is 0. The van der Waals surface area contributed by atoms with Crippen LogP contribution in [0.25, 0.3) is 0 Å². The molecule has 0 bridgehead atoms. The lowest BCUT2D eigenvalue weighted by Gasteiger charge is -2.21. The molecule has 0 saturated carbocycles. The lowest BCUT2D eigenvalue weighted by Crippen LogP contribution is -2.26. The Morgan fingerprint density at radius 1 is 1.04 bits per heavy atom. The molecule has 2 heterocycles. The molecule has 2 fully saturated rings. The minimum absolute atomic E-state index is 0.0365. The molecular weight excluding hydrogens is 288 g/mol. The summed E-state index contributed by atoms with van der Waals surface area (Å²) in [5, 5.41) is 22.2. The molecule has 0 radical (unpaired) electrons. The zero-order chi connectivity index (χ0) is 17.1. The standard InChI is InChI=1S/C13H19NO.C6H13NO/c1-13(2)10-14(9-12(13)15)8-11-6-4-3-5-7-11;1-6(2)4-7-3-5(6)8/h3-7,12,15H,8-10H2,1-2H3;5,7-8H,3-4H2,1-2H3. The summed E-state index contributed by atoms with van der Waals surface area (Å²) in [5.41, 5.74) is 1.46. The minimum atomic E-state index is -0.193. The van der Waals surface area contributed by atoms with Gasteiger partial charge in [-0.25, -0.2) is 0 Å². The van der Waals surface area contributed by atoms with Crippen molar-refractivity contribution < 1.29 is 10.2 Å². The van der Waals surface area contributed by atoms with Gasteiger partial charge in [0.25, 0.3) is 0 Å². The first kappa shape index (κ1) is 18.4. The molecule has 1 aromatic rings. The molecule has 130 valence electrons. The van der Waals surface area contributed by atoms with Gasteiger partial charge in [-0.1, -0.05) is 58.0 Å². The molecular formula is C19H32N2O2. The summed E-state index contributed by atoms with van der Waals surface area (Å²) in [4.78, 5) is 2.32. The maximum Gasteiger partial charge on any atom is 0.0730 e. The fraction of sp³-hybridized carbons (Fsp3) is 0.684. The molecule has 2 saturated heterocycles. The van der Waals surface area contributed by atoms with Gasteiger partial charge < -0.3 is 15.5 Å². The number of nitrogens with one attached hydrogen (secondary N) is 1. The Hall–Kier alpha value is -0.940. The molecule has 0 aliphatic carbocycles. The second-order valence-electron chi connectivity index (χ2n) is 8.29. The largest absolute Gasteiger partial charge is 0.391 e. The Balaban J connectivity index is 0.000000203. The Morgan fingerprint density at radius 3 is 2.09 bits per heavy atom. The second kappa shape index (κ2) is 7.31. The zero-order valence-electron chi connectivity index (χ0n) is 14.9. The predicted molar refractivity (Wildman–Crippen MR) is 94.2 cm³/mol. The van der Waals surface area contributed by atoms with Crippen LogP contribution in [0.2, 0.25) is 0 Å². The lowest BCUT2D eigenvalue weighted by molar-refractivity contribution is 0.0954. The minimum Gasteiger partial charge on any atom is -0.391 e. The number of nitrogens with zero attached hydrogens (tertiary/aromatic N) is 1. The van der Waals surface area contributed by atoms with Crippen molar-refractivity contribution in [2.24, 2.45) is 10.8 Å².